The first-order valence-electron chi connectivity index (χ1n) is 11.6. The summed E-state index contributed by atoms with van der Waals surface area (Å²) < 4.78 is 11.8. The van der Waals surface area contributed by atoms with Crippen LogP contribution in [0.2, 0.25) is 0 Å². The van der Waals surface area contributed by atoms with E-state index in [1.165, 1.54) is 0 Å². The van der Waals surface area contributed by atoms with Gasteiger partial charge < -0.3 is 19.0 Å². The van der Waals surface area contributed by atoms with Crippen LogP contribution in [0.1, 0.15) is 50.4 Å². The fraction of sp³-hybridized carbons (Fsp3) is 0.560. The second-order valence-electron chi connectivity index (χ2n) is 9.92. The smallest absolute Gasteiger partial charge is 0.254 e. The summed E-state index contributed by atoms with van der Waals surface area (Å²) in [7, 11) is 1.75. The number of carbonyl (C=O) groups excluding carboxylic acids is 2. The van der Waals surface area contributed by atoms with Crippen LogP contribution >= 0.6 is 0 Å². The van der Waals surface area contributed by atoms with E-state index in [0.29, 0.717) is 25.5 Å². The highest BCUT2D eigenvalue weighted by Gasteiger charge is 2.42. The third kappa shape index (κ3) is 5.28. The molecule has 2 aliphatic rings. The molecule has 0 radical (unpaired) electrons. The van der Waals surface area contributed by atoms with Crippen molar-refractivity contribution in [2.45, 2.75) is 51.3 Å². The highest BCUT2D eigenvalue weighted by atomic mass is 16.5. The van der Waals surface area contributed by atoms with Gasteiger partial charge in [-0.2, -0.15) is 0 Å². The molecule has 4 rings (SSSR count). The van der Waals surface area contributed by atoms with Crippen molar-refractivity contribution in [1.82, 2.24) is 19.7 Å². The van der Waals surface area contributed by atoms with Gasteiger partial charge in [0.25, 0.3) is 5.91 Å². The van der Waals surface area contributed by atoms with Gasteiger partial charge in [-0.15, -0.1) is 0 Å². The van der Waals surface area contributed by atoms with Crippen LogP contribution in [0.4, 0.5) is 0 Å². The quantitative estimate of drug-likeness (QED) is 0.707. The predicted octanol–water partition coefficient (Wildman–Crippen LogP) is 2.60. The first-order valence-corrected chi connectivity index (χ1v) is 11.6. The van der Waals surface area contributed by atoms with Crippen molar-refractivity contribution < 1.29 is 18.7 Å². The number of hydrogen-bond donors (Lipinski definition) is 0. The number of amides is 2. The van der Waals surface area contributed by atoms with Crippen LogP contribution in [0.5, 0.6) is 0 Å². The lowest BCUT2D eigenvalue weighted by Gasteiger charge is -2.40. The molecule has 178 valence electrons. The number of carbonyl (C=O) groups is 2. The third-order valence-corrected chi connectivity index (χ3v) is 6.42. The van der Waals surface area contributed by atoms with Gasteiger partial charge in [0, 0.05) is 38.6 Å². The molecule has 2 atom stereocenters. The normalized spacial score (nSPS) is 23.0. The van der Waals surface area contributed by atoms with Crippen molar-refractivity contribution in [3.05, 3.63) is 53.7 Å². The first-order chi connectivity index (χ1) is 15.7. The van der Waals surface area contributed by atoms with Crippen LogP contribution in [0.25, 0.3) is 0 Å². The van der Waals surface area contributed by atoms with Crippen molar-refractivity contribution >= 4 is 11.8 Å². The lowest BCUT2D eigenvalue weighted by atomic mass is 9.94. The van der Waals surface area contributed by atoms with E-state index in [2.05, 4.69) is 30.7 Å². The van der Waals surface area contributed by atoms with Crippen LogP contribution in [-0.4, -0.2) is 77.4 Å². The molecule has 2 amide bonds. The average molecular weight is 455 g/mol. The number of morpholine rings is 1. The maximum Gasteiger partial charge on any atom is 0.254 e. The number of nitrogens with zero attached hydrogens (tertiary/aromatic N) is 4. The highest BCUT2D eigenvalue weighted by Crippen LogP contribution is 2.30. The number of benzene rings is 1. The average Bonchev–Trinajstić information content (AvgIpc) is 3.15. The summed E-state index contributed by atoms with van der Waals surface area (Å²) in [5.41, 5.74) is 0.832. The van der Waals surface area contributed by atoms with Crippen LogP contribution in [-0.2, 0) is 26.3 Å². The Bertz CT molecular complexity index is 968. The molecule has 0 aliphatic carbocycles. The monoisotopic (exact) mass is 454 g/mol. The number of ether oxygens (including phenoxy) is 1. The molecular weight excluding hydrogens is 420 g/mol. The van der Waals surface area contributed by atoms with E-state index in [-0.39, 0.29) is 23.8 Å². The SMILES string of the molecule is CN1C(=O)COC(C(=O)N2CCCN(Cc3ncc(C(C)(C)C)o3)CC2)C1c1ccccc1. The Morgan fingerprint density at radius 2 is 1.88 bits per heavy atom. The van der Waals surface area contributed by atoms with Crippen molar-refractivity contribution in [1.29, 1.82) is 0 Å². The zero-order chi connectivity index (χ0) is 23.6. The summed E-state index contributed by atoms with van der Waals surface area (Å²) >= 11 is 0. The van der Waals surface area contributed by atoms with E-state index in [1.807, 2.05) is 41.4 Å². The largest absolute Gasteiger partial charge is 0.444 e. The minimum atomic E-state index is -0.706. The van der Waals surface area contributed by atoms with E-state index >= 15 is 0 Å². The summed E-state index contributed by atoms with van der Waals surface area (Å²) in [4.78, 5) is 36.1. The van der Waals surface area contributed by atoms with Crippen LogP contribution in [0.3, 0.4) is 0 Å². The molecule has 0 saturated carbocycles. The third-order valence-electron chi connectivity index (χ3n) is 6.42. The fourth-order valence-corrected chi connectivity index (χ4v) is 4.42. The molecule has 2 unspecified atom stereocenters. The minimum absolute atomic E-state index is 0.0591. The number of oxazole rings is 1. The highest BCUT2D eigenvalue weighted by molar-refractivity contribution is 5.86. The molecule has 1 aromatic carbocycles. The Balaban J connectivity index is 1.42. The van der Waals surface area contributed by atoms with Gasteiger partial charge in [-0.1, -0.05) is 51.1 Å². The molecule has 2 aromatic rings. The Morgan fingerprint density at radius 3 is 2.58 bits per heavy atom. The Hall–Kier alpha value is -2.71. The van der Waals surface area contributed by atoms with E-state index < -0.39 is 12.1 Å². The van der Waals surface area contributed by atoms with Crippen molar-refractivity contribution in [2.75, 3.05) is 39.8 Å². The summed E-state index contributed by atoms with van der Waals surface area (Å²) in [5, 5.41) is 0. The minimum Gasteiger partial charge on any atom is -0.444 e. The Kier molecular flexibility index (Phi) is 6.86. The molecule has 2 saturated heterocycles. The lowest BCUT2D eigenvalue weighted by molar-refractivity contribution is -0.167. The lowest BCUT2D eigenvalue weighted by Crippen LogP contribution is -2.54. The number of rotatable bonds is 4. The van der Waals surface area contributed by atoms with Gasteiger partial charge in [0.2, 0.25) is 11.8 Å². The molecule has 33 heavy (non-hydrogen) atoms. The van der Waals surface area contributed by atoms with Gasteiger partial charge >= 0.3 is 0 Å². The van der Waals surface area contributed by atoms with Crippen molar-refractivity contribution in [2.24, 2.45) is 0 Å². The van der Waals surface area contributed by atoms with E-state index in [0.717, 1.165) is 30.8 Å². The first kappa shape index (κ1) is 23.4. The molecule has 2 aliphatic heterocycles. The molecule has 2 fully saturated rings. The zero-order valence-electron chi connectivity index (χ0n) is 20.0. The summed E-state index contributed by atoms with van der Waals surface area (Å²) in [6.45, 7) is 9.73. The van der Waals surface area contributed by atoms with E-state index in [4.69, 9.17) is 9.15 Å². The Labute approximate surface area is 195 Å². The van der Waals surface area contributed by atoms with Gasteiger partial charge in [0.05, 0.1) is 18.8 Å². The topological polar surface area (TPSA) is 79.1 Å². The number of likely N-dealkylation sites (N-methyl/N-ethyl adjacent to an activating group) is 1. The molecule has 1 aromatic heterocycles. The molecule has 0 bridgehead atoms. The molecule has 8 nitrogen and oxygen atoms in total. The van der Waals surface area contributed by atoms with Crippen molar-refractivity contribution in [3.63, 3.8) is 0 Å². The van der Waals surface area contributed by atoms with Crippen LogP contribution in [0, 0.1) is 0 Å². The second kappa shape index (κ2) is 9.65. The Morgan fingerprint density at radius 1 is 1.12 bits per heavy atom. The molecule has 8 heteroatoms. The van der Waals surface area contributed by atoms with E-state index in [1.54, 1.807) is 11.9 Å². The van der Waals surface area contributed by atoms with E-state index in [9.17, 15) is 9.59 Å². The van der Waals surface area contributed by atoms with Crippen molar-refractivity contribution in [3.8, 4) is 0 Å². The van der Waals surface area contributed by atoms with Gasteiger partial charge in [0.15, 0.2) is 6.10 Å². The maximum atomic E-state index is 13.5. The number of aromatic nitrogens is 1. The molecule has 0 N–H and O–H groups in total. The fourth-order valence-electron chi connectivity index (χ4n) is 4.42. The molecular formula is C25H34N4O4. The van der Waals surface area contributed by atoms with Gasteiger partial charge in [-0.3, -0.25) is 14.5 Å². The zero-order valence-corrected chi connectivity index (χ0v) is 20.0. The van der Waals surface area contributed by atoms with Gasteiger partial charge in [-0.25, -0.2) is 4.98 Å². The summed E-state index contributed by atoms with van der Waals surface area (Å²) in [6, 6.07) is 9.21. The predicted molar refractivity (Wildman–Crippen MR) is 123 cm³/mol. The number of hydrogen-bond acceptors (Lipinski definition) is 6. The maximum absolute atomic E-state index is 13.5. The van der Waals surface area contributed by atoms with Crippen LogP contribution in [0.15, 0.2) is 40.9 Å². The van der Waals surface area contributed by atoms with Gasteiger partial charge in [-0.05, 0) is 12.0 Å². The summed E-state index contributed by atoms with van der Waals surface area (Å²) in [6.07, 6.45) is 1.96. The summed E-state index contributed by atoms with van der Waals surface area (Å²) in [5.74, 6) is 1.41. The second-order valence-corrected chi connectivity index (χ2v) is 9.92. The van der Waals surface area contributed by atoms with Gasteiger partial charge in [0.1, 0.15) is 12.4 Å². The molecule has 3 heterocycles. The molecule has 0 spiro atoms. The standard InChI is InChI=1S/C25H34N4O4/c1-25(2,3)19-15-26-20(33-19)16-28-11-8-12-29(14-13-28)24(31)23-22(18-9-6-5-7-10-18)27(4)21(30)17-32-23/h5-7,9-10,15,22-23H,8,11-14,16-17H2,1-4H3. The van der Waals surface area contributed by atoms with Crippen LogP contribution < -0.4 is 0 Å².